The first-order chi connectivity index (χ1) is 9.65. The topological polar surface area (TPSA) is 47.4 Å². The summed E-state index contributed by atoms with van der Waals surface area (Å²) >= 11 is 0. The van der Waals surface area contributed by atoms with Crippen molar-refractivity contribution in [2.24, 2.45) is 0 Å². The van der Waals surface area contributed by atoms with E-state index in [2.05, 4.69) is 5.10 Å². The summed E-state index contributed by atoms with van der Waals surface area (Å²) < 4.78 is 7.51. The maximum absolute atomic E-state index is 12.0. The van der Waals surface area contributed by atoms with Gasteiger partial charge in [-0.3, -0.25) is 9.48 Å². The molecule has 0 unspecified atom stereocenters. The summed E-state index contributed by atoms with van der Waals surface area (Å²) in [6.07, 6.45) is 7.27. The molecular weight excluding hydrogens is 254 g/mol. The second kappa shape index (κ2) is 7.43. The van der Waals surface area contributed by atoms with Crippen LogP contribution in [-0.2, 0) is 16.1 Å². The Morgan fingerprint density at radius 2 is 2.40 bits per heavy atom. The number of amides is 1. The van der Waals surface area contributed by atoms with E-state index in [9.17, 15) is 4.79 Å². The maximum atomic E-state index is 12.0. The van der Waals surface area contributed by atoms with E-state index in [1.807, 2.05) is 35.8 Å². The van der Waals surface area contributed by atoms with Crippen molar-refractivity contribution in [3.8, 4) is 0 Å². The summed E-state index contributed by atoms with van der Waals surface area (Å²) in [4.78, 5) is 13.9. The first-order valence-corrected chi connectivity index (χ1v) is 7.51. The van der Waals surface area contributed by atoms with E-state index in [-0.39, 0.29) is 5.91 Å². The van der Waals surface area contributed by atoms with Gasteiger partial charge in [0.15, 0.2) is 0 Å². The van der Waals surface area contributed by atoms with Gasteiger partial charge in [0, 0.05) is 39.4 Å². The lowest BCUT2D eigenvalue weighted by atomic mass is 10.1. The highest BCUT2D eigenvalue weighted by atomic mass is 16.5. The molecule has 5 nitrogen and oxygen atoms in total. The maximum Gasteiger partial charge on any atom is 0.224 e. The highest BCUT2D eigenvalue weighted by molar-refractivity contribution is 5.75. The molecule has 20 heavy (non-hydrogen) atoms. The number of hydrogen-bond acceptors (Lipinski definition) is 3. The monoisotopic (exact) mass is 279 g/mol. The molecule has 5 heteroatoms. The fourth-order valence-electron chi connectivity index (χ4n) is 2.49. The standard InChI is InChI=1S/C15H25N3O2/c1-13-6-10-18(16-13)11-8-15(19)17(2)9-7-14-5-3-4-12-20-14/h6,10,14H,3-5,7-9,11-12H2,1-2H3/t14-/m1/s1. The Kier molecular flexibility index (Phi) is 5.59. The average molecular weight is 279 g/mol. The van der Waals surface area contributed by atoms with E-state index in [1.165, 1.54) is 12.8 Å². The van der Waals surface area contributed by atoms with Gasteiger partial charge in [-0.2, -0.15) is 5.10 Å². The molecule has 1 aromatic rings. The van der Waals surface area contributed by atoms with Crippen LogP contribution in [0.4, 0.5) is 0 Å². The largest absolute Gasteiger partial charge is 0.378 e. The minimum atomic E-state index is 0.175. The Morgan fingerprint density at radius 3 is 3.05 bits per heavy atom. The van der Waals surface area contributed by atoms with Gasteiger partial charge in [-0.25, -0.2) is 0 Å². The molecule has 1 saturated heterocycles. The third-order valence-electron chi connectivity index (χ3n) is 3.81. The number of nitrogens with zero attached hydrogens (tertiary/aromatic N) is 3. The van der Waals surface area contributed by atoms with Crippen molar-refractivity contribution in [1.29, 1.82) is 0 Å². The number of carbonyl (C=O) groups excluding carboxylic acids is 1. The van der Waals surface area contributed by atoms with Gasteiger partial charge in [-0.05, 0) is 38.7 Å². The fraction of sp³-hybridized carbons (Fsp3) is 0.733. The minimum Gasteiger partial charge on any atom is -0.378 e. The third-order valence-corrected chi connectivity index (χ3v) is 3.81. The summed E-state index contributed by atoms with van der Waals surface area (Å²) in [7, 11) is 1.87. The normalized spacial score (nSPS) is 19.0. The summed E-state index contributed by atoms with van der Waals surface area (Å²) in [5.74, 6) is 0.175. The lowest BCUT2D eigenvalue weighted by Gasteiger charge is -2.25. The van der Waals surface area contributed by atoms with Gasteiger partial charge >= 0.3 is 0 Å². The highest BCUT2D eigenvalue weighted by Crippen LogP contribution is 2.15. The number of carbonyl (C=O) groups is 1. The van der Waals surface area contributed by atoms with E-state index in [0.29, 0.717) is 19.1 Å². The van der Waals surface area contributed by atoms with Crippen LogP contribution < -0.4 is 0 Å². The molecule has 0 aliphatic carbocycles. The Balaban J connectivity index is 1.66. The molecule has 112 valence electrons. The van der Waals surface area contributed by atoms with Crippen molar-refractivity contribution in [1.82, 2.24) is 14.7 Å². The van der Waals surface area contributed by atoms with Gasteiger partial charge < -0.3 is 9.64 Å². The van der Waals surface area contributed by atoms with E-state index < -0.39 is 0 Å². The van der Waals surface area contributed by atoms with Gasteiger partial charge in [0.1, 0.15) is 0 Å². The number of ether oxygens (including phenoxy) is 1. The van der Waals surface area contributed by atoms with Crippen LogP contribution in [-0.4, -0.2) is 46.9 Å². The molecule has 0 saturated carbocycles. The van der Waals surface area contributed by atoms with Gasteiger partial charge in [0.05, 0.1) is 11.8 Å². The summed E-state index contributed by atoms with van der Waals surface area (Å²) in [6.45, 7) is 4.26. The molecule has 1 aliphatic rings. The molecule has 0 bridgehead atoms. The fourth-order valence-corrected chi connectivity index (χ4v) is 2.49. The average Bonchev–Trinajstić information content (AvgIpc) is 2.89. The quantitative estimate of drug-likeness (QED) is 0.800. The highest BCUT2D eigenvalue weighted by Gasteiger charge is 2.16. The Bertz CT molecular complexity index is 425. The van der Waals surface area contributed by atoms with Gasteiger partial charge in [-0.15, -0.1) is 0 Å². The predicted molar refractivity (Wildman–Crippen MR) is 77.4 cm³/mol. The molecule has 1 fully saturated rings. The molecule has 0 aromatic carbocycles. The SMILES string of the molecule is Cc1ccn(CCC(=O)N(C)CC[C@H]2CCCCO2)n1. The number of hydrogen-bond donors (Lipinski definition) is 0. The molecule has 0 spiro atoms. The zero-order valence-electron chi connectivity index (χ0n) is 12.5. The molecule has 1 amide bonds. The van der Waals surface area contributed by atoms with E-state index in [0.717, 1.165) is 31.7 Å². The van der Waals surface area contributed by atoms with Crippen molar-refractivity contribution in [2.75, 3.05) is 20.2 Å². The minimum absolute atomic E-state index is 0.175. The van der Waals surface area contributed by atoms with Crippen molar-refractivity contribution < 1.29 is 9.53 Å². The van der Waals surface area contributed by atoms with Gasteiger partial charge in [-0.1, -0.05) is 0 Å². The number of aromatic nitrogens is 2. The zero-order valence-corrected chi connectivity index (χ0v) is 12.5. The number of aryl methyl sites for hydroxylation is 2. The van der Waals surface area contributed by atoms with Crippen molar-refractivity contribution in [3.05, 3.63) is 18.0 Å². The lowest BCUT2D eigenvalue weighted by Crippen LogP contribution is -2.32. The third kappa shape index (κ3) is 4.63. The molecule has 1 atom stereocenters. The van der Waals surface area contributed by atoms with Crippen LogP contribution in [0.25, 0.3) is 0 Å². The summed E-state index contributed by atoms with van der Waals surface area (Å²) in [6, 6.07) is 1.95. The predicted octanol–water partition coefficient (Wildman–Crippen LogP) is 2.00. The number of rotatable bonds is 6. The van der Waals surface area contributed by atoms with Crippen molar-refractivity contribution in [3.63, 3.8) is 0 Å². The smallest absolute Gasteiger partial charge is 0.224 e. The van der Waals surface area contributed by atoms with Crippen LogP contribution in [0.1, 0.15) is 37.8 Å². The molecule has 0 radical (unpaired) electrons. The first-order valence-electron chi connectivity index (χ1n) is 7.51. The van der Waals surface area contributed by atoms with Crippen LogP contribution >= 0.6 is 0 Å². The van der Waals surface area contributed by atoms with Crippen LogP contribution in [0.2, 0.25) is 0 Å². The van der Waals surface area contributed by atoms with Gasteiger partial charge in [0.25, 0.3) is 0 Å². The second-order valence-electron chi connectivity index (χ2n) is 5.56. The van der Waals surface area contributed by atoms with Crippen LogP contribution in [0.3, 0.4) is 0 Å². The zero-order chi connectivity index (χ0) is 14.4. The first kappa shape index (κ1) is 15.0. The summed E-state index contributed by atoms with van der Waals surface area (Å²) in [5.41, 5.74) is 0.986. The van der Waals surface area contributed by atoms with E-state index in [1.54, 1.807) is 0 Å². The van der Waals surface area contributed by atoms with Crippen LogP contribution in [0.15, 0.2) is 12.3 Å². The lowest BCUT2D eigenvalue weighted by molar-refractivity contribution is -0.130. The molecular formula is C15H25N3O2. The molecule has 2 heterocycles. The van der Waals surface area contributed by atoms with Crippen molar-refractivity contribution in [2.45, 2.75) is 51.7 Å². The summed E-state index contributed by atoms with van der Waals surface area (Å²) in [5, 5.41) is 4.29. The van der Waals surface area contributed by atoms with Crippen LogP contribution in [0, 0.1) is 6.92 Å². The van der Waals surface area contributed by atoms with Gasteiger partial charge in [0.2, 0.25) is 5.91 Å². The Labute approximate surface area is 120 Å². The second-order valence-corrected chi connectivity index (χ2v) is 5.56. The van der Waals surface area contributed by atoms with Crippen LogP contribution in [0.5, 0.6) is 0 Å². The van der Waals surface area contributed by atoms with Crippen molar-refractivity contribution >= 4 is 5.91 Å². The molecule has 1 aromatic heterocycles. The van der Waals surface area contributed by atoms with E-state index in [4.69, 9.17) is 4.74 Å². The molecule has 1 aliphatic heterocycles. The Hall–Kier alpha value is -1.36. The molecule has 2 rings (SSSR count). The molecule has 0 N–H and O–H groups in total. The van der Waals surface area contributed by atoms with E-state index >= 15 is 0 Å². The Morgan fingerprint density at radius 1 is 1.55 bits per heavy atom.